The molecule has 1 heterocycles. The first-order chi connectivity index (χ1) is 9.16. The lowest BCUT2D eigenvalue weighted by Crippen LogP contribution is -2.23. The SMILES string of the molecule is NC(=O)c1cccc(C(=O)NCc2cccnc2)c1. The fourth-order valence-corrected chi connectivity index (χ4v) is 1.60. The third-order valence-corrected chi connectivity index (χ3v) is 2.59. The number of rotatable bonds is 4. The number of benzene rings is 1. The van der Waals surface area contributed by atoms with Crippen molar-refractivity contribution in [2.24, 2.45) is 5.73 Å². The molecule has 0 saturated heterocycles. The smallest absolute Gasteiger partial charge is 0.251 e. The first-order valence-electron chi connectivity index (χ1n) is 5.74. The topological polar surface area (TPSA) is 85.1 Å². The van der Waals surface area contributed by atoms with Gasteiger partial charge in [-0.3, -0.25) is 14.6 Å². The summed E-state index contributed by atoms with van der Waals surface area (Å²) in [4.78, 5) is 26.9. The van der Waals surface area contributed by atoms with Gasteiger partial charge in [0.05, 0.1) is 0 Å². The molecule has 2 aromatic rings. The zero-order valence-electron chi connectivity index (χ0n) is 10.2. The Balaban J connectivity index is 2.04. The fraction of sp³-hybridized carbons (Fsp3) is 0.0714. The molecule has 0 spiro atoms. The lowest BCUT2D eigenvalue weighted by atomic mass is 10.1. The summed E-state index contributed by atoms with van der Waals surface area (Å²) in [6.07, 6.45) is 3.35. The van der Waals surface area contributed by atoms with Gasteiger partial charge in [0.1, 0.15) is 0 Å². The molecule has 0 fully saturated rings. The molecule has 5 heteroatoms. The first-order valence-corrected chi connectivity index (χ1v) is 5.74. The van der Waals surface area contributed by atoms with Gasteiger partial charge in [0.25, 0.3) is 5.91 Å². The Labute approximate surface area is 110 Å². The maximum atomic E-state index is 11.9. The minimum atomic E-state index is -0.554. The van der Waals surface area contributed by atoms with E-state index in [0.717, 1.165) is 5.56 Å². The van der Waals surface area contributed by atoms with E-state index < -0.39 is 5.91 Å². The highest BCUT2D eigenvalue weighted by Crippen LogP contribution is 2.05. The highest BCUT2D eigenvalue weighted by atomic mass is 16.2. The summed E-state index contributed by atoms with van der Waals surface area (Å²) >= 11 is 0. The van der Waals surface area contributed by atoms with E-state index in [1.165, 1.54) is 6.07 Å². The predicted molar refractivity (Wildman–Crippen MR) is 70.4 cm³/mol. The highest BCUT2D eigenvalue weighted by molar-refractivity contribution is 5.99. The Morgan fingerprint density at radius 3 is 2.63 bits per heavy atom. The Hall–Kier alpha value is -2.69. The van der Waals surface area contributed by atoms with Crippen molar-refractivity contribution in [3.8, 4) is 0 Å². The molecule has 19 heavy (non-hydrogen) atoms. The van der Waals surface area contributed by atoms with Crippen molar-refractivity contribution in [2.75, 3.05) is 0 Å². The normalized spacial score (nSPS) is 9.89. The van der Waals surface area contributed by atoms with Crippen LogP contribution in [0.25, 0.3) is 0 Å². The first kappa shape index (κ1) is 12.8. The Morgan fingerprint density at radius 1 is 1.16 bits per heavy atom. The van der Waals surface area contributed by atoms with Gasteiger partial charge in [-0.2, -0.15) is 0 Å². The van der Waals surface area contributed by atoms with Gasteiger partial charge in [0, 0.05) is 30.1 Å². The van der Waals surface area contributed by atoms with Crippen LogP contribution in [0.4, 0.5) is 0 Å². The second-order valence-corrected chi connectivity index (χ2v) is 3.99. The number of hydrogen-bond acceptors (Lipinski definition) is 3. The molecular weight excluding hydrogens is 242 g/mol. The van der Waals surface area contributed by atoms with Crippen molar-refractivity contribution in [1.29, 1.82) is 0 Å². The van der Waals surface area contributed by atoms with Crippen LogP contribution in [0.5, 0.6) is 0 Å². The number of carbonyl (C=O) groups is 2. The van der Waals surface area contributed by atoms with Gasteiger partial charge in [-0.15, -0.1) is 0 Å². The van der Waals surface area contributed by atoms with Crippen LogP contribution < -0.4 is 11.1 Å². The summed E-state index contributed by atoms with van der Waals surface area (Å²) in [7, 11) is 0. The molecule has 0 aliphatic heterocycles. The summed E-state index contributed by atoms with van der Waals surface area (Å²) in [5, 5.41) is 2.75. The van der Waals surface area contributed by atoms with Crippen LogP contribution in [0, 0.1) is 0 Å². The van der Waals surface area contributed by atoms with Crippen LogP contribution in [-0.2, 0) is 6.54 Å². The largest absolute Gasteiger partial charge is 0.366 e. The second-order valence-electron chi connectivity index (χ2n) is 3.99. The van der Waals surface area contributed by atoms with Crippen LogP contribution in [0.2, 0.25) is 0 Å². The van der Waals surface area contributed by atoms with E-state index in [1.54, 1.807) is 36.7 Å². The summed E-state index contributed by atoms with van der Waals surface area (Å²) in [5.41, 5.74) is 6.79. The third-order valence-electron chi connectivity index (χ3n) is 2.59. The van der Waals surface area contributed by atoms with Gasteiger partial charge in [0.15, 0.2) is 0 Å². The van der Waals surface area contributed by atoms with Crippen LogP contribution in [0.15, 0.2) is 48.8 Å². The maximum Gasteiger partial charge on any atom is 0.251 e. The zero-order chi connectivity index (χ0) is 13.7. The highest BCUT2D eigenvalue weighted by Gasteiger charge is 2.08. The number of pyridine rings is 1. The monoisotopic (exact) mass is 255 g/mol. The van der Waals surface area contributed by atoms with E-state index in [-0.39, 0.29) is 5.91 Å². The van der Waals surface area contributed by atoms with Gasteiger partial charge < -0.3 is 11.1 Å². The van der Waals surface area contributed by atoms with E-state index >= 15 is 0 Å². The number of nitrogens with one attached hydrogen (secondary N) is 1. The van der Waals surface area contributed by atoms with Crippen LogP contribution in [-0.4, -0.2) is 16.8 Å². The van der Waals surface area contributed by atoms with Crippen molar-refractivity contribution in [1.82, 2.24) is 10.3 Å². The minimum absolute atomic E-state index is 0.257. The number of nitrogens with two attached hydrogens (primary N) is 1. The van der Waals surface area contributed by atoms with Gasteiger partial charge in [-0.25, -0.2) is 0 Å². The third kappa shape index (κ3) is 3.38. The van der Waals surface area contributed by atoms with Gasteiger partial charge >= 0.3 is 0 Å². The molecule has 1 aromatic heterocycles. The Bertz CT molecular complexity index is 597. The molecule has 2 amide bonds. The van der Waals surface area contributed by atoms with Crippen molar-refractivity contribution < 1.29 is 9.59 Å². The quantitative estimate of drug-likeness (QED) is 0.858. The van der Waals surface area contributed by atoms with Gasteiger partial charge in [-0.1, -0.05) is 12.1 Å². The molecule has 3 N–H and O–H groups in total. The molecule has 0 atom stereocenters. The zero-order valence-corrected chi connectivity index (χ0v) is 10.2. The summed E-state index contributed by atoms with van der Waals surface area (Å²) < 4.78 is 0. The van der Waals surface area contributed by atoms with Crippen molar-refractivity contribution >= 4 is 11.8 Å². The lowest BCUT2D eigenvalue weighted by Gasteiger charge is -2.05. The number of aromatic nitrogens is 1. The predicted octanol–water partition coefficient (Wildman–Crippen LogP) is 1.11. The van der Waals surface area contributed by atoms with E-state index in [9.17, 15) is 9.59 Å². The van der Waals surface area contributed by atoms with E-state index in [4.69, 9.17) is 5.73 Å². The molecule has 5 nitrogen and oxygen atoms in total. The second kappa shape index (κ2) is 5.77. The minimum Gasteiger partial charge on any atom is -0.366 e. The van der Waals surface area contributed by atoms with Crippen LogP contribution in [0.3, 0.4) is 0 Å². The summed E-state index contributed by atoms with van der Waals surface area (Å²) in [6, 6.07) is 9.97. The van der Waals surface area contributed by atoms with E-state index in [2.05, 4.69) is 10.3 Å². The van der Waals surface area contributed by atoms with Gasteiger partial charge in [-0.05, 0) is 29.8 Å². The number of amides is 2. The number of primary amides is 1. The number of nitrogens with zero attached hydrogens (tertiary/aromatic N) is 1. The van der Waals surface area contributed by atoms with Crippen molar-refractivity contribution in [3.63, 3.8) is 0 Å². The van der Waals surface area contributed by atoms with Crippen molar-refractivity contribution in [3.05, 3.63) is 65.5 Å². The molecule has 0 bridgehead atoms. The maximum absolute atomic E-state index is 11.9. The number of hydrogen-bond donors (Lipinski definition) is 2. The standard InChI is InChI=1S/C14H13N3O2/c15-13(18)11-4-1-5-12(7-11)14(19)17-9-10-3-2-6-16-8-10/h1-8H,9H2,(H2,15,18)(H,17,19). The molecule has 0 aliphatic rings. The average Bonchev–Trinajstić information content (AvgIpc) is 2.46. The average molecular weight is 255 g/mol. The Kier molecular flexibility index (Phi) is 3.87. The summed E-state index contributed by atoms with van der Waals surface area (Å²) in [6.45, 7) is 0.382. The molecule has 0 unspecified atom stereocenters. The fourth-order valence-electron chi connectivity index (χ4n) is 1.60. The molecule has 0 aliphatic carbocycles. The Morgan fingerprint density at radius 2 is 1.95 bits per heavy atom. The van der Waals surface area contributed by atoms with E-state index in [1.807, 2.05) is 6.07 Å². The van der Waals surface area contributed by atoms with Crippen LogP contribution in [0.1, 0.15) is 26.3 Å². The van der Waals surface area contributed by atoms with E-state index in [0.29, 0.717) is 17.7 Å². The van der Waals surface area contributed by atoms with Crippen LogP contribution >= 0.6 is 0 Å². The molecule has 0 radical (unpaired) electrons. The molecule has 96 valence electrons. The lowest BCUT2D eigenvalue weighted by molar-refractivity contribution is 0.0951. The molecular formula is C14H13N3O2. The molecule has 2 rings (SSSR count). The van der Waals surface area contributed by atoms with Gasteiger partial charge in [0.2, 0.25) is 5.91 Å². The summed E-state index contributed by atoms with van der Waals surface area (Å²) in [5.74, 6) is -0.811. The molecule has 0 saturated carbocycles. The number of carbonyl (C=O) groups excluding carboxylic acids is 2. The molecule has 1 aromatic carbocycles. The van der Waals surface area contributed by atoms with Crippen molar-refractivity contribution in [2.45, 2.75) is 6.54 Å².